The van der Waals surface area contributed by atoms with Crippen LogP contribution < -0.4 is 10.5 Å². The lowest BCUT2D eigenvalue weighted by Gasteiger charge is -2.12. The van der Waals surface area contributed by atoms with Crippen molar-refractivity contribution in [3.63, 3.8) is 0 Å². The molecule has 0 amide bonds. The normalized spacial score (nSPS) is 12.4. The van der Waals surface area contributed by atoms with Gasteiger partial charge in [-0.3, -0.25) is 0 Å². The summed E-state index contributed by atoms with van der Waals surface area (Å²) in [5.41, 5.74) is 8.69. The third-order valence-electron chi connectivity index (χ3n) is 2.89. The SMILES string of the molecule is COc1cccc(CC(N)c2ccsc2C)c1. The van der Waals surface area contributed by atoms with Crippen LogP contribution in [-0.4, -0.2) is 7.11 Å². The van der Waals surface area contributed by atoms with Gasteiger partial charge in [0, 0.05) is 10.9 Å². The first kappa shape index (κ1) is 12.1. The van der Waals surface area contributed by atoms with Gasteiger partial charge in [0.25, 0.3) is 0 Å². The number of benzene rings is 1. The Bertz CT molecular complexity index is 492. The van der Waals surface area contributed by atoms with E-state index in [4.69, 9.17) is 10.5 Å². The summed E-state index contributed by atoms with van der Waals surface area (Å²) < 4.78 is 5.21. The fourth-order valence-electron chi connectivity index (χ4n) is 1.94. The van der Waals surface area contributed by atoms with Crippen molar-refractivity contribution < 1.29 is 4.74 Å². The zero-order chi connectivity index (χ0) is 12.3. The Kier molecular flexibility index (Phi) is 3.82. The molecular weight excluding hydrogens is 230 g/mol. The second-order valence-electron chi connectivity index (χ2n) is 4.09. The molecule has 0 spiro atoms. The van der Waals surface area contributed by atoms with Gasteiger partial charge in [-0.1, -0.05) is 12.1 Å². The number of nitrogens with two attached hydrogens (primary N) is 1. The van der Waals surface area contributed by atoms with E-state index in [-0.39, 0.29) is 6.04 Å². The molecule has 1 heterocycles. The van der Waals surface area contributed by atoms with Gasteiger partial charge in [-0.2, -0.15) is 0 Å². The molecule has 0 saturated heterocycles. The molecule has 2 rings (SSSR count). The Morgan fingerprint density at radius 3 is 2.82 bits per heavy atom. The van der Waals surface area contributed by atoms with Gasteiger partial charge in [-0.05, 0) is 48.1 Å². The Hall–Kier alpha value is -1.32. The molecule has 0 aliphatic heterocycles. The highest BCUT2D eigenvalue weighted by Crippen LogP contribution is 2.24. The van der Waals surface area contributed by atoms with Crippen molar-refractivity contribution in [2.75, 3.05) is 7.11 Å². The van der Waals surface area contributed by atoms with E-state index >= 15 is 0 Å². The first-order valence-electron chi connectivity index (χ1n) is 5.63. The number of thiophene rings is 1. The van der Waals surface area contributed by atoms with Crippen LogP contribution in [0.5, 0.6) is 5.75 Å². The zero-order valence-corrected chi connectivity index (χ0v) is 11.0. The molecule has 90 valence electrons. The molecule has 2 N–H and O–H groups in total. The minimum absolute atomic E-state index is 0.0633. The monoisotopic (exact) mass is 247 g/mol. The number of rotatable bonds is 4. The van der Waals surface area contributed by atoms with E-state index < -0.39 is 0 Å². The van der Waals surface area contributed by atoms with Crippen molar-refractivity contribution in [3.8, 4) is 5.75 Å². The average Bonchev–Trinajstić information content (AvgIpc) is 2.76. The molecule has 0 fully saturated rings. The molecule has 1 atom stereocenters. The minimum atomic E-state index is 0.0633. The molecule has 1 aromatic heterocycles. The smallest absolute Gasteiger partial charge is 0.119 e. The molecule has 0 aliphatic carbocycles. The summed E-state index contributed by atoms with van der Waals surface area (Å²) in [5.74, 6) is 0.886. The lowest BCUT2D eigenvalue weighted by molar-refractivity contribution is 0.414. The fraction of sp³-hybridized carbons (Fsp3) is 0.286. The number of hydrogen-bond acceptors (Lipinski definition) is 3. The topological polar surface area (TPSA) is 35.2 Å². The summed E-state index contributed by atoms with van der Waals surface area (Å²) in [6.45, 7) is 2.12. The molecule has 0 saturated carbocycles. The maximum absolute atomic E-state index is 6.23. The predicted octanol–water partition coefficient (Wildman–Crippen LogP) is 3.31. The number of ether oxygens (including phenoxy) is 1. The molecular formula is C14H17NOS. The molecule has 2 aromatic rings. The molecule has 0 aliphatic rings. The van der Waals surface area contributed by atoms with Gasteiger partial charge in [0.1, 0.15) is 5.75 Å². The largest absolute Gasteiger partial charge is 0.497 e. The van der Waals surface area contributed by atoms with Crippen LogP contribution in [0.4, 0.5) is 0 Å². The van der Waals surface area contributed by atoms with E-state index in [9.17, 15) is 0 Å². The highest BCUT2D eigenvalue weighted by atomic mass is 32.1. The minimum Gasteiger partial charge on any atom is -0.497 e. The summed E-state index contributed by atoms with van der Waals surface area (Å²) in [5, 5.41) is 2.09. The van der Waals surface area contributed by atoms with Crippen LogP contribution in [0, 0.1) is 6.92 Å². The van der Waals surface area contributed by atoms with Crippen LogP contribution in [0.15, 0.2) is 35.7 Å². The summed E-state index contributed by atoms with van der Waals surface area (Å²) >= 11 is 1.75. The van der Waals surface area contributed by atoms with E-state index in [1.807, 2.05) is 18.2 Å². The lowest BCUT2D eigenvalue weighted by atomic mass is 10.0. The predicted molar refractivity (Wildman–Crippen MR) is 72.7 cm³/mol. The van der Waals surface area contributed by atoms with Crippen molar-refractivity contribution in [3.05, 3.63) is 51.7 Å². The van der Waals surface area contributed by atoms with Crippen molar-refractivity contribution in [2.24, 2.45) is 5.73 Å². The van der Waals surface area contributed by atoms with E-state index in [0.717, 1.165) is 12.2 Å². The summed E-state index contributed by atoms with van der Waals surface area (Å²) in [7, 11) is 1.68. The molecule has 17 heavy (non-hydrogen) atoms. The van der Waals surface area contributed by atoms with Gasteiger partial charge >= 0.3 is 0 Å². The van der Waals surface area contributed by atoms with Crippen molar-refractivity contribution in [1.82, 2.24) is 0 Å². The van der Waals surface area contributed by atoms with Gasteiger partial charge < -0.3 is 10.5 Å². The van der Waals surface area contributed by atoms with Gasteiger partial charge in [0.05, 0.1) is 7.11 Å². The molecule has 0 radical (unpaired) electrons. The fourth-order valence-corrected chi connectivity index (χ4v) is 2.72. The second kappa shape index (κ2) is 5.34. The Balaban J connectivity index is 2.13. The quantitative estimate of drug-likeness (QED) is 0.899. The molecule has 1 unspecified atom stereocenters. The van der Waals surface area contributed by atoms with Crippen LogP contribution in [0.25, 0.3) is 0 Å². The van der Waals surface area contributed by atoms with E-state index in [1.165, 1.54) is 16.0 Å². The van der Waals surface area contributed by atoms with Gasteiger partial charge in [-0.25, -0.2) is 0 Å². The Morgan fingerprint density at radius 1 is 1.35 bits per heavy atom. The van der Waals surface area contributed by atoms with Gasteiger partial charge in [0.15, 0.2) is 0 Å². The van der Waals surface area contributed by atoms with Crippen molar-refractivity contribution in [2.45, 2.75) is 19.4 Å². The van der Waals surface area contributed by atoms with Crippen molar-refractivity contribution >= 4 is 11.3 Å². The maximum Gasteiger partial charge on any atom is 0.119 e. The van der Waals surface area contributed by atoms with Crippen LogP contribution in [0.2, 0.25) is 0 Å². The molecule has 2 nitrogen and oxygen atoms in total. The van der Waals surface area contributed by atoms with Crippen molar-refractivity contribution in [1.29, 1.82) is 0 Å². The van der Waals surface area contributed by atoms with Crippen LogP contribution in [-0.2, 0) is 6.42 Å². The summed E-state index contributed by atoms with van der Waals surface area (Å²) in [4.78, 5) is 1.31. The lowest BCUT2D eigenvalue weighted by Crippen LogP contribution is -2.13. The van der Waals surface area contributed by atoms with Crippen LogP contribution in [0.1, 0.15) is 22.0 Å². The zero-order valence-electron chi connectivity index (χ0n) is 10.1. The molecule has 3 heteroatoms. The van der Waals surface area contributed by atoms with Crippen LogP contribution in [0.3, 0.4) is 0 Å². The summed E-state index contributed by atoms with van der Waals surface area (Å²) in [6.07, 6.45) is 0.842. The maximum atomic E-state index is 6.23. The summed E-state index contributed by atoms with van der Waals surface area (Å²) in [6, 6.07) is 10.3. The number of hydrogen-bond donors (Lipinski definition) is 1. The highest BCUT2D eigenvalue weighted by molar-refractivity contribution is 7.10. The third kappa shape index (κ3) is 2.87. The standard InChI is InChI=1S/C14H17NOS/c1-10-13(6-7-17-10)14(15)9-11-4-3-5-12(8-11)16-2/h3-8,14H,9,15H2,1-2H3. The van der Waals surface area contributed by atoms with Gasteiger partial charge in [-0.15, -0.1) is 11.3 Å². The molecule has 1 aromatic carbocycles. The second-order valence-corrected chi connectivity index (χ2v) is 5.21. The Morgan fingerprint density at radius 2 is 2.18 bits per heavy atom. The van der Waals surface area contributed by atoms with Crippen LogP contribution >= 0.6 is 11.3 Å². The number of aryl methyl sites for hydroxylation is 1. The molecule has 0 bridgehead atoms. The highest BCUT2D eigenvalue weighted by Gasteiger charge is 2.10. The first-order chi connectivity index (χ1) is 8.20. The Labute approximate surface area is 106 Å². The van der Waals surface area contributed by atoms with E-state index in [0.29, 0.717) is 0 Å². The third-order valence-corrected chi connectivity index (χ3v) is 3.75. The van der Waals surface area contributed by atoms with E-state index in [1.54, 1.807) is 18.4 Å². The van der Waals surface area contributed by atoms with Gasteiger partial charge in [0.2, 0.25) is 0 Å². The first-order valence-corrected chi connectivity index (χ1v) is 6.51. The average molecular weight is 247 g/mol. The van der Waals surface area contributed by atoms with E-state index in [2.05, 4.69) is 24.4 Å². The number of methoxy groups -OCH3 is 1.